The molecule has 1 aromatic carbocycles. The molecule has 1 fully saturated rings. The molecule has 5 nitrogen and oxygen atoms in total. The third-order valence-corrected chi connectivity index (χ3v) is 4.97. The van der Waals surface area contributed by atoms with E-state index in [1.165, 1.54) is 5.56 Å². The van der Waals surface area contributed by atoms with Gasteiger partial charge in [-0.3, -0.25) is 4.79 Å². The van der Waals surface area contributed by atoms with Crippen LogP contribution in [0.2, 0.25) is 0 Å². The second kappa shape index (κ2) is 6.90. The molecule has 124 valence electrons. The Kier molecular flexibility index (Phi) is 4.68. The number of H-pyrrole nitrogens is 1. The van der Waals surface area contributed by atoms with Crippen molar-refractivity contribution in [3.63, 3.8) is 0 Å². The highest BCUT2D eigenvalue weighted by Crippen LogP contribution is 2.34. The van der Waals surface area contributed by atoms with E-state index >= 15 is 0 Å². The second-order valence-corrected chi connectivity index (χ2v) is 6.55. The molecule has 2 N–H and O–H groups in total. The van der Waals surface area contributed by atoms with Gasteiger partial charge in [0.2, 0.25) is 0 Å². The summed E-state index contributed by atoms with van der Waals surface area (Å²) in [5.41, 5.74) is 2.15. The first-order valence-electron chi connectivity index (χ1n) is 8.24. The molecule has 3 rings (SSSR count). The summed E-state index contributed by atoms with van der Waals surface area (Å²) >= 11 is 0. The van der Waals surface area contributed by atoms with Gasteiger partial charge in [0.1, 0.15) is 11.8 Å². The minimum absolute atomic E-state index is 0.0336. The molecular formula is C19H22N4O. The van der Waals surface area contributed by atoms with Gasteiger partial charge in [0.15, 0.2) is 0 Å². The second-order valence-electron chi connectivity index (χ2n) is 6.55. The van der Waals surface area contributed by atoms with Crippen molar-refractivity contribution in [3.8, 4) is 6.07 Å². The number of nitriles is 1. The number of rotatable bonds is 4. The summed E-state index contributed by atoms with van der Waals surface area (Å²) in [5, 5.41) is 11.9. The molecule has 0 spiro atoms. The van der Waals surface area contributed by atoms with Gasteiger partial charge in [-0.15, -0.1) is 0 Å². The maximum atomic E-state index is 12.4. The molecule has 0 bridgehead atoms. The fraction of sp³-hybridized carbons (Fsp3) is 0.368. The Hall–Kier alpha value is -2.58. The van der Waals surface area contributed by atoms with E-state index in [4.69, 9.17) is 5.26 Å². The number of nitrogens with one attached hydrogen (secondary N) is 2. The van der Waals surface area contributed by atoms with Crippen LogP contribution in [-0.4, -0.2) is 42.5 Å². The Morgan fingerprint density at radius 1 is 1.33 bits per heavy atom. The number of aromatic amines is 1. The van der Waals surface area contributed by atoms with Crippen molar-refractivity contribution < 1.29 is 4.79 Å². The van der Waals surface area contributed by atoms with Crippen LogP contribution in [0.3, 0.4) is 0 Å². The Bertz CT molecular complexity index is 736. The Morgan fingerprint density at radius 3 is 2.67 bits per heavy atom. The van der Waals surface area contributed by atoms with E-state index < -0.39 is 0 Å². The smallest absolute Gasteiger partial charge is 0.267 e. The molecule has 2 heterocycles. The van der Waals surface area contributed by atoms with Gasteiger partial charge in [0, 0.05) is 18.2 Å². The van der Waals surface area contributed by atoms with E-state index in [0.717, 1.165) is 25.9 Å². The lowest BCUT2D eigenvalue weighted by atomic mass is 9.72. The van der Waals surface area contributed by atoms with Crippen LogP contribution in [-0.2, 0) is 5.41 Å². The van der Waals surface area contributed by atoms with Crippen molar-refractivity contribution in [1.29, 1.82) is 5.26 Å². The summed E-state index contributed by atoms with van der Waals surface area (Å²) in [5.74, 6) is -0.161. The zero-order chi connectivity index (χ0) is 17.0. The summed E-state index contributed by atoms with van der Waals surface area (Å²) in [7, 11) is 2.13. The molecule has 1 amide bonds. The SMILES string of the molecule is CN1CCC(CNC(=O)c2cc(C#N)c[nH]2)(c2ccccc2)CC1. The molecule has 0 atom stereocenters. The van der Waals surface area contributed by atoms with Crippen LogP contribution < -0.4 is 5.32 Å². The van der Waals surface area contributed by atoms with Crippen LogP contribution in [0.5, 0.6) is 0 Å². The lowest BCUT2D eigenvalue weighted by molar-refractivity contribution is 0.0923. The fourth-order valence-electron chi connectivity index (χ4n) is 3.34. The Balaban J connectivity index is 1.75. The molecule has 1 aliphatic rings. The quantitative estimate of drug-likeness (QED) is 0.907. The average Bonchev–Trinajstić information content (AvgIpc) is 3.11. The Morgan fingerprint density at radius 2 is 2.04 bits per heavy atom. The van der Waals surface area contributed by atoms with E-state index in [0.29, 0.717) is 17.8 Å². The number of carbonyl (C=O) groups excluding carboxylic acids is 1. The van der Waals surface area contributed by atoms with Crippen molar-refractivity contribution in [1.82, 2.24) is 15.2 Å². The maximum Gasteiger partial charge on any atom is 0.267 e. The van der Waals surface area contributed by atoms with Crippen molar-refractivity contribution in [2.24, 2.45) is 0 Å². The summed E-state index contributed by atoms with van der Waals surface area (Å²) < 4.78 is 0. The number of carbonyl (C=O) groups is 1. The van der Waals surface area contributed by atoms with Crippen LogP contribution in [0, 0.1) is 11.3 Å². The number of benzene rings is 1. The molecule has 0 saturated carbocycles. The highest BCUT2D eigenvalue weighted by molar-refractivity contribution is 5.92. The highest BCUT2D eigenvalue weighted by Gasteiger charge is 2.35. The van der Waals surface area contributed by atoms with E-state index in [1.807, 2.05) is 12.1 Å². The molecule has 5 heteroatoms. The molecular weight excluding hydrogens is 300 g/mol. The van der Waals surface area contributed by atoms with Crippen LogP contribution in [0.25, 0.3) is 0 Å². The molecule has 0 radical (unpaired) electrons. The van der Waals surface area contributed by atoms with Crippen molar-refractivity contribution >= 4 is 5.91 Å². The number of aromatic nitrogens is 1. The lowest BCUT2D eigenvalue weighted by Crippen LogP contribution is -2.48. The molecule has 0 unspecified atom stereocenters. The molecule has 2 aromatic rings. The van der Waals surface area contributed by atoms with Gasteiger partial charge in [0.25, 0.3) is 5.91 Å². The predicted octanol–water partition coefficient (Wildman–Crippen LogP) is 2.28. The molecule has 24 heavy (non-hydrogen) atoms. The first-order valence-corrected chi connectivity index (χ1v) is 8.24. The molecule has 1 saturated heterocycles. The fourth-order valence-corrected chi connectivity index (χ4v) is 3.34. The standard InChI is InChI=1S/C19H22N4O/c1-23-9-7-19(8-10-23,16-5-3-2-4-6-16)14-22-18(24)17-11-15(12-20)13-21-17/h2-6,11,13,21H,7-10,14H2,1H3,(H,22,24). The number of likely N-dealkylation sites (tertiary alicyclic amines) is 1. The van der Waals surface area contributed by atoms with Crippen LogP contribution in [0.15, 0.2) is 42.6 Å². The number of hydrogen-bond acceptors (Lipinski definition) is 3. The third-order valence-electron chi connectivity index (χ3n) is 4.97. The maximum absolute atomic E-state index is 12.4. The van der Waals surface area contributed by atoms with Gasteiger partial charge in [-0.25, -0.2) is 0 Å². The summed E-state index contributed by atoms with van der Waals surface area (Å²) in [6, 6.07) is 14.1. The summed E-state index contributed by atoms with van der Waals surface area (Å²) in [6.07, 6.45) is 3.58. The molecule has 1 aliphatic heterocycles. The summed E-state index contributed by atoms with van der Waals surface area (Å²) in [4.78, 5) is 17.6. The minimum atomic E-state index is -0.161. The first-order chi connectivity index (χ1) is 11.6. The first kappa shape index (κ1) is 16.3. The largest absolute Gasteiger partial charge is 0.356 e. The third kappa shape index (κ3) is 3.34. The van der Waals surface area contributed by atoms with Crippen molar-refractivity contribution in [2.75, 3.05) is 26.7 Å². The van der Waals surface area contributed by atoms with E-state index in [9.17, 15) is 4.79 Å². The number of piperidine rings is 1. The van der Waals surface area contributed by atoms with Gasteiger partial charge in [0.05, 0.1) is 5.56 Å². The minimum Gasteiger partial charge on any atom is -0.356 e. The molecule has 1 aromatic heterocycles. The van der Waals surface area contributed by atoms with Gasteiger partial charge in [-0.05, 0) is 44.6 Å². The zero-order valence-corrected chi connectivity index (χ0v) is 13.9. The highest BCUT2D eigenvalue weighted by atomic mass is 16.1. The number of nitrogens with zero attached hydrogens (tertiary/aromatic N) is 2. The van der Waals surface area contributed by atoms with Crippen molar-refractivity contribution in [3.05, 3.63) is 59.4 Å². The van der Waals surface area contributed by atoms with Crippen molar-refractivity contribution in [2.45, 2.75) is 18.3 Å². The topological polar surface area (TPSA) is 71.9 Å². The average molecular weight is 322 g/mol. The van der Waals surface area contributed by atoms with E-state index in [-0.39, 0.29) is 11.3 Å². The summed E-state index contributed by atoms with van der Waals surface area (Å²) in [6.45, 7) is 2.64. The van der Waals surface area contributed by atoms with Crippen LogP contribution >= 0.6 is 0 Å². The van der Waals surface area contributed by atoms with E-state index in [2.05, 4.69) is 46.5 Å². The monoisotopic (exact) mass is 322 g/mol. The van der Waals surface area contributed by atoms with Gasteiger partial charge in [-0.2, -0.15) is 5.26 Å². The lowest BCUT2D eigenvalue weighted by Gasteiger charge is -2.41. The number of hydrogen-bond donors (Lipinski definition) is 2. The van der Waals surface area contributed by atoms with E-state index in [1.54, 1.807) is 12.3 Å². The zero-order valence-electron chi connectivity index (χ0n) is 13.9. The van der Waals surface area contributed by atoms with Crippen LogP contribution in [0.4, 0.5) is 0 Å². The van der Waals surface area contributed by atoms with Gasteiger partial charge in [-0.1, -0.05) is 30.3 Å². The van der Waals surface area contributed by atoms with Gasteiger partial charge < -0.3 is 15.2 Å². The normalized spacial score (nSPS) is 17.2. The van der Waals surface area contributed by atoms with Gasteiger partial charge >= 0.3 is 0 Å². The van der Waals surface area contributed by atoms with Crippen LogP contribution in [0.1, 0.15) is 34.5 Å². The number of amides is 1. The Labute approximate surface area is 142 Å². The predicted molar refractivity (Wildman–Crippen MR) is 92.7 cm³/mol. The molecule has 0 aliphatic carbocycles.